The van der Waals surface area contributed by atoms with Crippen molar-refractivity contribution >= 4 is 11.3 Å². The van der Waals surface area contributed by atoms with E-state index in [-0.39, 0.29) is 6.04 Å². The summed E-state index contributed by atoms with van der Waals surface area (Å²) in [5.74, 6) is 0.728. The van der Waals surface area contributed by atoms with Gasteiger partial charge in [0.05, 0.1) is 6.04 Å². The van der Waals surface area contributed by atoms with Crippen molar-refractivity contribution in [3.05, 3.63) is 16.6 Å². The minimum absolute atomic E-state index is 0.222. The van der Waals surface area contributed by atoms with Gasteiger partial charge in [-0.2, -0.15) is 0 Å². The molecule has 1 atom stereocenters. The Bertz CT molecular complexity index is 203. The highest BCUT2D eigenvalue weighted by atomic mass is 32.1. The summed E-state index contributed by atoms with van der Waals surface area (Å²) >= 11 is 1.66. The molecule has 0 amide bonds. The van der Waals surface area contributed by atoms with E-state index in [1.165, 1.54) is 12.8 Å². The van der Waals surface area contributed by atoms with Gasteiger partial charge in [-0.05, 0) is 18.8 Å². The van der Waals surface area contributed by atoms with Gasteiger partial charge in [0.1, 0.15) is 5.01 Å². The molecule has 1 aromatic rings. The van der Waals surface area contributed by atoms with E-state index in [0.29, 0.717) is 0 Å². The molecule has 2 nitrogen and oxygen atoms in total. The number of rotatable bonds is 2. The molecule has 1 aliphatic rings. The Morgan fingerprint density at radius 2 is 2.50 bits per heavy atom. The van der Waals surface area contributed by atoms with Gasteiger partial charge in [-0.3, -0.25) is 0 Å². The lowest BCUT2D eigenvalue weighted by Gasteiger charge is -2.03. The van der Waals surface area contributed by atoms with Crippen LogP contribution in [0, 0.1) is 5.92 Å². The van der Waals surface area contributed by atoms with E-state index in [4.69, 9.17) is 5.73 Å². The topological polar surface area (TPSA) is 38.9 Å². The van der Waals surface area contributed by atoms with E-state index in [9.17, 15) is 0 Å². The molecule has 54 valence electrons. The zero-order valence-corrected chi connectivity index (χ0v) is 6.47. The monoisotopic (exact) mass is 154 g/mol. The molecule has 3 heteroatoms. The molecule has 1 fully saturated rings. The van der Waals surface area contributed by atoms with Gasteiger partial charge in [-0.25, -0.2) is 4.98 Å². The summed E-state index contributed by atoms with van der Waals surface area (Å²) in [6.45, 7) is 0. The van der Waals surface area contributed by atoms with Gasteiger partial charge in [-0.15, -0.1) is 11.3 Å². The number of nitrogens with zero attached hydrogens (tertiary/aromatic N) is 1. The van der Waals surface area contributed by atoms with E-state index in [2.05, 4.69) is 4.98 Å². The maximum atomic E-state index is 5.89. The molecule has 2 rings (SSSR count). The van der Waals surface area contributed by atoms with E-state index in [1.807, 2.05) is 11.6 Å². The van der Waals surface area contributed by atoms with Gasteiger partial charge < -0.3 is 5.73 Å². The summed E-state index contributed by atoms with van der Waals surface area (Å²) in [7, 11) is 0. The Balaban J connectivity index is 2.11. The third-order valence-electron chi connectivity index (χ3n) is 1.87. The molecule has 0 unspecified atom stereocenters. The molecule has 1 aromatic heterocycles. The molecule has 0 spiro atoms. The molecule has 0 saturated heterocycles. The molecule has 1 saturated carbocycles. The van der Waals surface area contributed by atoms with Gasteiger partial charge in [-0.1, -0.05) is 0 Å². The fraction of sp³-hybridized carbons (Fsp3) is 0.571. The Hall–Kier alpha value is -0.410. The summed E-state index contributed by atoms with van der Waals surface area (Å²) in [5, 5.41) is 3.08. The van der Waals surface area contributed by atoms with Crippen LogP contribution in [0.1, 0.15) is 23.9 Å². The van der Waals surface area contributed by atoms with Gasteiger partial charge in [0.15, 0.2) is 0 Å². The summed E-state index contributed by atoms with van der Waals surface area (Å²) in [5.41, 5.74) is 5.89. The Morgan fingerprint density at radius 3 is 3.00 bits per heavy atom. The van der Waals surface area contributed by atoms with Crippen molar-refractivity contribution in [1.29, 1.82) is 0 Å². The van der Waals surface area contributed by atoms with E-state index >= 15 is 0 Å². The second-order valence-electron chi connectivity index (χ2n) is 2.73. The third-order valence-corrected chi connectivity index (χ3v) is 2.74. The van der Waals surface area contributed by atoms with Gasteiger partial charge in [0.25, 0.3) is 0 Å². The molecular formula is C7H10N2S. The molecular weight excluding hydrogens is 144 g/mol. The van der Waals surface area contributed by atoms with Crippen LogP contribution in [-0.2, 0) is 0 Å². The third kappa shape index (κ3) is 1.07. The fourth-order valence-corrected chi connectivity index (χ4v) is 1.79. The zero-order chi connectivity index (χ0) is 6.97. The second kappa shape index (κ2) is 2.32. The van der Waals surface area contributed by atoms with Crippen molar-refractivity contribution in [2.75, 3.05) is 0 Å². The van der Waals surface area contributed by atoms with Crippen LogP contribution in [0.5, 0.6) is 0 Å². The normalized spacial score (nSPS) is 20.9. The van der Waals surface area contributed by atoms with Crippen molar-refractivity contribution in [3.8, 4) is 0 Å². The van der Waals surface area contributed by atoms with Gasteiger partial charge >= 0.3 is 0 Å². The molecule has 0 bridgehead atoms. The first-order valence-corrected chi connectivity index (χ1v) is 4.41. The molecule has 2 N–H and O–H groups in total. The van der Waals surface area contributed by atoms with E-state index in [0.717, 1.165) is 10.9 Å². The van der Waals surface area contributed by atoms with Crippen molar-refractivity contribution < 1.29 is 0 Å². The van der Waals surface area contributed by atoms with Crippen LogP contribution < -0.4 is 5.73 Å². The smallest absolute Gasteiger partial charge is 0.110 e. The van der Waals surface area contributed by atoms with Crippen LogP contribution >= 0.6 is 11.3 Å². The first-order valence-electron chi connectivity index (χ1n) is 3.53. The predicted octanol–water partition coefficient (Wildman–Crippen LogP) is 1.55. The average molecular weight is 154 g/mol. The molecule has 1 aliphatic carbocycles. The Kier molecular flexibility index (Phi) is 1.47. The summed E-state index contributed by atoms with van der Waals surface area (Å²) in [4.78, 5) is 4.17. The number of thiazole rings is 1. The van der Waals surface area contributed by atoms with Gasteiger partial charge in [0, 0.05) is 11.6 Å². The van der Waals surface area contributed by atoms with Gasteiger partial charge in [0.2, 0.25) is 0 Å². The van der Waals surface area contributed by atoms with Crippen LogP contribution in [0.25, 0.3) is 0 Å². The lowest BCUT2D eigenvalue weighted by atomic mass is 10.2. The first kappa shape index (κ1) is 6.31. The molecule has 0 aromatic carbocycles. The lowest BCUT2D eigenvalue weighted by molar-refractivity contribution is 0.629. The maximum Gasteiger partial charge on any atom is 0.110 e. The second-order valence-corrected chi connectivity index (χ2v) is 3.66. The number of hydrogen-bond donors (Lipinski definition) is 1. The summed E-state index contributed by atoms with van der Waals surface area (Å²) in [6, 6.07) is 0.222. The minimum atomic E-state index is 0.222. The highest BCUT2D eigenvalue weighted by molar-refractivity contribution is 7.09. The van der Waals surface area contributed by atoms with Crippen LogP contribution in [0.15, 0.2) is 11.6 Å². The molecule has 0 radical (unpaired) electrons. The van der Waals surface area contributed by atoms with Crippen LogP contribution in [0.3, 0.4) is 0 Å². The van der Waals surface area contributed by atoms with Crippen LogP contribution in [-0.4, -0.2) is 4.98 Å². The molecule has 1 heterocycles. The Morgan fingerprint density at radius 1 is 1.70 bits per heavy atom. The van der Waals surface area contributed by atoms with Crippen LogP contribution in [0.2, 0.25) is 0 Å². The molecule has 10 heavy (non-hydrogen) atoms. The summed E-state index contributed by atoms with van der Waals surface area (Å²) < 4.78 is 0. The lowest BCUT2D eigenvalue weighted by Crippen LogP contribution is -2.11. The molecule has 0 aliphatic heterocycles. The zero-order valence-electron chi connectivity index (χ0n) is 5.66. The maximum absolute atomic E-state index is 5.89. The average Bonchev–Trinajstić information content (AvgIpc) is 2.65. The standard InChI is InChI=1S/C7H10N2S/c8-6(5-1-2-5)7-9-3-4-10-7/h3-6H,1-2,8H2/t6-/m0/s1. The Labute approximate surface area is 64.1 Å². The number of hydrogen-bond acceptors (Lipinski definition) is 3. The summed E-state index contributed by atoms with van der Waals surface area (Å²) in [6.07, 6.45) is 4.41. The number of nitrogens with two attached hydrogens (primary N) is 1. The quantitative estimate of drug-likeness (QED) is 0.702. The largest absolute Gasteiger partial charge is 0.322 e. The van der Waals surface area contributed by atoms with Crippen molar-refractivity contribution in [2.24, 2.45) is 11.7 Å². The SMILES string of the molecule is N[C@H](c1nccs1)C1CC1. The number of aromatic nitrogens is 1. The first-order chi connectivity index (χ1) is 4.88. The minimum Gasteiger partial charge on any atom is -0.322 e. The van der Waals surface area contributed by atoms with E-state index in [1.54, 1.807) is 11.3 Å². The van der Waals surface area contributed by atoms with Crippen LogP contribution in [0.4, 0.5) is 0 Å². The highest BCUT2D eigenvalue weighted by Crippen LogP contribution is 2.39. The van der Waals surface area contributed by atoms with Crippen molar-refractivity contribution in [3.63, 3.8) is 0 Å². The fourth-order valence-electron chi connectivity index (χ4n) is 1.06. The predicted molar refractivity (Wildman–Crippen MR) is 41.8 cm³/mol. The van der Waals surface area contributed by atoms with E-state index < -0.39 is 0 Å². The highest BCUT2D eigenvalue weighted by Gasteiger charge is 2.30. The van der Waals surface area contributed by atoms with Crippen molar-refractivity contribution in [2.45, 2.75) is 18.9 Å². The van der Waals surface area contributed by atoms with Crippen molar-refractivity contribution in [1.82, 2.24) is 4.98 Å².